The highest BCUT2D eigenvalue weighted by Crippen LogP contribution is 2.26. The topological polar surface area (TPSA) is 63.1 Å². The maximum absolute atomic E-state index is 11.7. The number of carbonyl (C=O) groups is 1. The first-order valence-electron chi connectivity index (χ1n) is 7.17. The van der Waals surface area contributed by atoms with Gasteiger partial charge in [-0.3, -0.25) is 4.57 Å². The number of H-pyrrole nitrogens is 1. The lowest BCUT2D eigenvalue weighted by atomic mass is 10.1. The number of carbonyl (C=O) groups excluding carboxylic acids is 1. The second-order valence-corrected chi connectivity index (χ2v) is 5.48. The minimum atomic E-state index is -0.225. The first-order chi connectivity index (χ1) is 10.2. The Hall–Kier alpha value is -1.89. The molecule has 0 saturated carbocycles. The number of piperidine rings is 1. The highest BCUT2D eigenvalue weighted by Gasteiger charge is 2.26. The fraction of sp³-hybridized carbons (Fsp3) is 0.500. The first-order valence-corrected chi connectivity index (χ1v) is 7.58. The smallest absolute Gasteiger partial charge is 0.409 e. The van der Waals surface area contributed by atoms with Gasteiger partial charge in [-0.2, -0.15) is 0 Å². The van der Waals surface area contributed by atoms with Gasteiger partial charge in [0.15, 0.2) is 10.4 Å². The molecule has 3 rings (SSSR count). The molecule has 1 N–H and O–H groups in total. The lowest BCUT2D eigenvalue weighted by Gasteiger charge is -2.31. The van der Waals surface area contributed by atoms with Gasteiger partial charge >= 0.3 is 6.09 Å². The van der Waals surface area contributed by atoms with Crippen molar-refractivity contribution in [3.8, 4) is 0 Å². The van der Waals surface area contributed by atoms with Crippen molar-refractivity contribution in [1.29, 1.82) is 0 Å². The molecule has 21 heavy (non-hydrogen) atoms. The molecule has 7 heteroatoms. The molecule has 2 aromatic rings. The Morgan fingerprint density at radius 2 is 2.29 bits per heavy atom. The molecule has 0 atom stereocenters. The molecule has 0 unspecified atom stereocenters. The second kappa shape index (κ2) is 5.85. The number of hydrogen-bond acceptors (Lipinski definition) is 4. The van der Waals surface area contributed by atoms with Crippen molar-refractivity contribution < 1.29 is 9.53 Å². The minimum absolute atomic E-state index is 0.225. The minimum Gasteiger partial charge on any atom is -0.450 e. The van der Waals surface area contributed by atoms with Gasteiger partial charge in [0.2, 0.25) is 0 Å². The summed E-state index contributed by atoms with van der Waals surface area (Å²) in [5, 5.41) is 0. The van der Waals surface area contributed by atoms with E-state index in [1.54, 1.807) is 11.1 Å². The number of fused-ring (bicyclic) bond motifs is 1. The van der Waals surface area contributed by atoms with Crippen LogP contribution in [0.3, 0.4) is 0 Å². The molecule has 0 aromatic carbocycles. The lowest BCUT2D eigenvalue weighted by Crippen LogP contribution is -2.39. The molecule has 3 heterocycles. The summed E-state index contributed by atoms with van der Waals surface area (Å²) in [5.74, 6) is 0. The van der Waals surface area contributed by atoms with Crippen LogP contribution < -0.4 is 0 Å². The molecule has 1 saturated heterocycles. The number of ether oxygens (including phenoxy) is 1. The third-order valence-corrected chi connectivity index (χ3v) is 4.13. The Balaban J connectivity index is 1.79. The van der Waals surface area contributed by atoms with Gasteiger partial charge in [0.05, 0.1) is 12.1 Å². The molecule has 6 nitrogen and oxygen atoms in total. The van der Waals surface area contributed by atoms with Crippen molar-refractivity contribution in [3.63, 3.8) is 0 Å². The zero-order chi connectivity index (χ0) is 14.8. The van der Waals surface area contributed by atoms with Crippen LogP contribution in [0, 0.1) is 4.77 Å². The van der Waals surface area contributed by atoms with Gasteiger partial charge in [0.25, 0.3) is 0 Å². The number of rotatable bonds is 2. The predicted molar refractivity (Wildman–Crippen MR) is 81.8 cm³/mol. The van der Waals surface area contributed by atoms with Crippen LogP contribution in [0.15, 0.2) is 18.3 Å². The molecular weight excluding hydrogens is 288 g/mol. The summed E-state index contributed by atoms with van der Waals surface area (Å²) < 4.78 is 7.81. The third kappa shape index (κ3) is 2.65. The monoisotopic (exact) mass is 306 g/mol. The summed E-state index contributed by atoms with van der Waals surface area (Å²) >= 11 is 5.42. The largest absolute Gasteiger partial charge is 0.450 e. The van der Waals surface area contributed by atoms with Gasteiger partial charge in [-0.05, 0) is 44.1 Å². The van der Waals surface area contributed by atoms with Gasteiger partial charge in [0, 0.05) is 25.3 Å². The van der Waals surface area contributed by atoms with Crippen LogP contribution >= 0.6 is 12.2 Å². The van der Waals surface area contributed by atoms with E-state index in [1.807, 2.05) is 19.1 Å². The highest BCUT2D eigenvalue weighted by molar-refractivity contribution is 7.71. The van der Waals surface area contributed by atoms with Crippen molar-refractivity contribution in [2.45, 2.75) is 25.8 Å². The number of nitrogens with zero attached hydrogens (tertiary/aromatic N) is 3. The molecule has 1 amide bonds. The van der Waals surface area contributed by atoms with E-state index in [0.717, 1.165) is 24.0 Å². The molecule has 2 aromatic heterocycles. The van der Waals surface area contributed by atoms with Gasteiger partial charge in [-0.25, -0.2) is 9.78 Å². The number of hydrogen-bond donors (Lipinski definition) is 1. The van der Waals surface area contributed by atoms with Gasteiger partial charge in [-0.15, -0.1) is 0 Å². The zero-order valence-electron chi connectivity index (χ0n) is 11.9. The average Bonchev–Trinajstić information content (AvgIpc) is 2.83. The van der Waals surface area contributed by atoms with Crippen molar-refractivity contribution >= 4 is 29.5 Å². The van der Waals surface area contributed by atoms with E-state index in [4.69, 9.17) is 17.0 Å². The van der Waals surface area contributed by atoms with E-state index in [0.29, 0.717) is 24.5 Å². The summed E-state index contributed by atoms with van der Waals surface area (Å²) in [6.45, 7) is 3.60. The van der Waals surface area contributed by atoms with Crippen molar-refractivity contribution in [2.24, 2.45) is 0 Å². The molecular formula is C14H18N4O2S. The standard InChI is InChI=1S/C14H18N4O2S/c1-2-20-14(19)17-8-5-10(6-9-17)18-12-11(16-13(18)21)4-3-7-15-12/h3-4,7,10H,2,5-6,8-9H2,1H3,(H,16,21). The van der Waals surface area contributed by atoms with Crippen molar-refractivity contribution in [1.82, 2.24) is 19.4 Å². The predicted octanol–water partition coefficient (Wildman–Crippen LogP) is 2.89. The number of amides is 1. The SMILES string of the molecule is CCOC(=O)N1CCC(n2c(=S)[nH]c3cccnc32)CC1. The zero-order valence-corrected chi connectivity index (χ0v) is 12.7. The Bertz CT molecular complexity index is 700. The fourth-order valence-corrected chi connectivity index (χ4v) is 3.16. The number of nitrogens with one attached hydrogen (secondary N) is 1. The Kier molecular flexibility index (Phi) is 3.92. The van der Waals surface area contributed by atoms with E-state index in [2.05, 4.69) is 14.5 Å². The molecule has 112 valence electrons. The fourth-order valence-electron chi connectivity index (χ4n) is 2.82. The van der Waals surface area contributed by atoms with Crippen LogP contribution in [-0.4, -0.2) is 45.2 Å². The van der Waals surface area contributed by atoms with E-state index in [1.165, 1.54) is 0 Å². The maximum atomic E-state index is 11.7. The number of likely N-dealkylation sites (tertiary alicyclic amines) is 1. The van der Waals surface area contributed by atoms with Crippen molar-refractivity contribution in [2.75, 3.05) is 19.7 Å². The molecule has 0 bridgehead atoms. The van der Waals surface area contributed by atoms with Crippen LogP contribution in [0.1, 0.15) is 25.8 Å². The van der Waals surface area contributed by atoms with Crippen LogP contribution in [0.4, 0.5) is 4.79 Å². The van der Waals surface area contributed by atoms with Crippen LogP contribution in [0.5, 0.6) is 0 Å². The van der Waals surface area contributed by atoms with E-state index < -0.39 is 0 Å². The normalized spacial score (nSPS) is 16.3. The van der Waals surface area contributed by atoms with E-state index in [9.17, 15) is 4.79 Å². The highest BCUT2D eigenvalue weighted by atomic mass is 32.1. The van der Waals surface area contributed by atoms with Gasteiger partial charge in [-0.1, -0.05) is 0 Å². The average molecular weight is 306 g/mol. The molecule has 1 fully saturated rings. The van der Waals surface area contributed by atoms with E-state index >= 15 is 0 Å². The number of pyridine rings is 1. The Labute approximate surface area is 127 Å². The molecule has 0 spiro atoms. The van der Waals surface area contributed by atoms with Crippen molar-refractivity contribution in [3.05, 3.63) is 23.1 Å². The number of aromatic nitrogens is 3. The molecule has 0 aliphatic carbocycles. The Morgan fingerprint density at radius 1 is 1.52 bits per heavy atom. The van der Waals surface area contributed by atoms with Gasteiger partial charge in [0.1, 0.15) is 0 Å². The first kappa shape index (κ1) is 14.1. The van der Waals surface area contributed by atoms with Crippen LogP contribution in [-0.2, 0) is 4.74 Å². The summed E-state index contributed by atoms with van der Waals surface area (Å²) in [7, 11) is 0. The number of aromatic amines is 1. The van der Waals surface area contributed by atoms with Gasteiger partial charge < -0.3 is 14.6 Å². The third-order valence-electron chi connectivity index (χ3n) is 3.83. The van der Waals surface area contributed by atoms with Crippen LogP contribution in [0.2, 0.25) is 0 Å². The lowest BCUT2D eigenvalue weighted by molar-refractivity contribution is 0.0929. The van der Waals surface area contributed by atoms with Crippen LogP contribution in [0.25, 0.3) is 11.2 Å². The molecule has 1 aliphatic rings. The Morgan fingerprint density at radius 3 is 3.00 bits per heavy atom. The summed E-state index contributed by atoms with van der Waals surface area (Å²) in [6, 6.07) is 4.13. The maximum Gasteiger partial charge on any atom is 0.409 e. The molecule has 0 radical (unpaired) electrons. The van der Waals surface area contributed by atoms with E-state index in [-0.39, 0.29) is 12.1 Å². The second-order valence-electron chi connectivity index (χ2n) is 5.09. The summed E-state index contributed by atoms with van der Waals surface area (Å²) in [4.78, 5) is 21.1. The summed E-state index contributed by atoms with van der Waals surface area (Å²) in [6.07, 6.45) is 3.26. The number of imidazole rings is 1. The quantitative estimate of drug-likeness (QED) is 0.867. The molecule has 1 aliphatic heterocycles. The summed E-state index contributed by atoms with van der Waals surface area (Å²) in [5.41, 5.74) is 1.84.